The molecule has 26 heavy (non-hydrogen) atoms. The molecular formula is C24H34N2. The monoisotopic (exact) mass is 350 g/mol. The van der Waals surface area contributed by atoms with Crippen molar-refractivity contribution in [1.29, 1.82) is 0 Å². The summed E-state index contributed by atoms with van der Waals surface area (Å²) in [4.78, 5) is 9.42. The van der Waals surface area contributed by atoms with Gasteiger partial charge in [-0.15, -0.1) is 0 Å². The average molecular weight is 351 g/mol. The molecule has 0 fully saturated rings. The van der Waals surface area contributed by atoms with Crippen LogP contribution in [0, 0.1) is 11.3 Å². The number of aromatic nitrogens is 2. The van der Waals surface area contributed by atoms with Crippen LogP contribution in [0.5, 0.6) is 0 Å². The topological polar surface area (TPSA) is 25.8 Å². The summed E-state index contributed by atoms with van der Waals surface area (Å²) >= 11 is 0. The van der Waals surface area contributed by atoms with Crippen molar-refractivity contribution in [3.63, 3.8) is 0 Å². The maximum absolute atomic E-state index is 4.74. The fraction of sp³-hybridized carbons (Fsp3) is 0.500. The first-order valence-electron chi connectivity index (χ1n) is 9.79. The van der Waals surface area contributed by atoms with Gasteiger partial charge in [-0.25, -0.2) is 0 Å². The van der Waals surface area contributed by atoms with Crippen LogP contribution in [0.2, 0.25) is 0 Å². The van der Waals surface area contributed by atoms with Crippen molar-refractivity contribution in [2.45, 2.75) is 66.2 Å². The first-order chi connectivity index (χ1) is 12.3. The molecule has 2 aromatic rings. The van der Waals surface area contributed by atoms with Crippen LogP contribution < -0.4 is 0 Å². The molecule has 2 heterocycles. The molecule has 0 saturated heterocycles. The number of nitrogens with zero attached hydrogens (tertiary/aromatic N) is 2. The van der Waals surface area contributed by atoms with Crippen LogP contribution in [0.15, 0.2) is 60.4 Å². The summed E-state index contributed by atoms with van der Waals surface area (Å²) in [6.07, 6.45) is 8.26. The summed E-state index contributed by atoms with van der Waals surface area (Å²) in [5.74, 6) is 1.36. The van der Waals surface area contributed by atoms with Crippen LogP contribution in [-0.2, 0) is 0 Å². The van der Waals surface area contributed by atoms with Gasteiger partial charge in [0.1, 0.15) is 0 Å². The Labute approximate surface area is 159 Å². The molecule has 0 amide bonds. The molecule has 0 aromatic carbocycles. The Hall–Kier alpha value is -1.96. The van der Waals surface area contributed by atoms with Crippen LogP contribution in [-0.4, -0.2) is 9.97 Å². The van der Waals surface area contributed by atoms with Gasteiger partial charge in [-0.1, -0.05) is 51.5 Å². The Balaban J connectivity index is 2.44. The lowest BCUT2D eigenvalue weighted by atomic mass is 9.67. The normalized spacial score (nSPS) is 15.1. The molecule has 2 atom stereocenters. The molecule has 0 bridgehead atoms. The highest BCUT2D eigenvalue weighted by atomic mass is 14.7. The van der Waals surface area contributed by atoms with E-state index < -0.39 is 0 Å². The molecule has 0 N–H and O–H groups in total. The zero-order valence-electron chi connectivity index (χ0n) is 17.2. The summed E-state index contributed by atoms with van der Waals surface area (Å²) in [6, 6.07) is 12.5. The summed E-state index contributed by atoms with van der Waals surface area (Å²) < 4.78 is 0. The lowest BCUT2D eigenvalue weighted by Gasteiger charge is -2.38. The standard InChI is InChI=1S/C24H34N2/c1-7-19(4)20(22-12-8-10-14-25-22)16-21(23-13-9-11-15-26-23)24(5,6)17-18(2)3/h7-15,18,20-21H,16-17H2,1-6H3/b19-7+. The van der Waals surface area contributed by atoms with E-state index in [1.165, 1.54) is 17.7 Å². The van der Waals surface area contributed by atoms with Gasteiger partial charge in [-0.2, -0.15) is 0 Å². The van der Waals surface area contributed by atoms with Crippen molar-refractivity contribution >= 4 is 0 Å². The van der Waals surface area contributed by atoms with Crippen molar-refractivity contribution in [3.05, 3.63) is 71.8 Å². The molecule has 2 aromatic heterocycles. The third-order valence-corrected chi connectivity index (χ3v) is 5.44. The highest BCUT2D eigenvalue weighted by molar-refractivity contribution is 5.25. The van der Waals surface area contributed by atoms with E-state index in [2.05, 4.69) is 76.9 Å². The van der Waals surface area contributed by atoms with Crippen LogP contribution >= 0.6 is 0 Å². The first kappa shape index (κ1) is 20.4. The largest absolute Gasteiger partial charge is 0.261 e. The number of hydrogen-bond donors (Lipinski definition) is 0. The number of rotatable bonds is 8. The SMILES string of the molecule is C/C=C(\C)C(CC(c1ccccn1)C(C)(C)CC(C)C)c1ccccn1. The van der Waals surface area contributed by atoms with Crippen molar-refractivity contribution in [1.82, 2.24) is 9.97 Å². The Morgan fingerprint density at radius 3 is 2.04 bits per heavy atom. The molecular weight excluding hydrogens is 316 g/mol. The molecule has 2 nitrogen and oxygen atoms in total. The Kier molecular flexibility index (Phi) is 7.14. The van der Waals surface area contributed by atoms with Gasteiger partial charge in [0.15, 0.2) is 0 Å². The molecule has 0 aliphatic rings. The van der Waals surface area contributed by atoms with Gasteiger partial charge >= 0.3 is 0 Å². The second kappa shape index (κ2) is 9.12. The van der Waals surface area contributed by atoms with E-state index in [4.69, 9.17) is 4.98 Å². The summed E-state index contributed by atoms with van der Waals surface area (Å²) in [7, 11) is 0. The van der Waals surface area contributed by atoms with Crippen molar-refractivity contribution in [2.24, 2.45) is 11.3 Å². The van der Waals surface area contributed by atoms with Crippen LogP contribution in [0.3, 0.4) is 0 Å². The molecule has 0 radical (unpaired) electrons. The van der Waals surface area contributed by atoms with Gasteiger partial charge in [0, 0.05) is 35.6 Å². The molecule has 2 heteroatoms. The third-order valence-electron chi connectivity index (χ3n) is 5.44. The Morgan fingerprint density at radius 1 is 1.00 bits per heavy atom. The molecule has 2 rings (SSSR count). The summed E-state index contributed by atoms with van der Waals surface area (Å²) in [5, 5.41) is 0. The lowest BCUT2D eigenvalue weighted by molar-refractivity contribution is 0.210. The van der Waals surface area contributed by atoms with Crippen molar-refractivity contribution in [3.8, 4) is 0 Å². The van der Waals surface area contributed by atoms with E-state index >= 15 is 0 Å². The predicted octanol–water partition coefficient (Wildman–Crippen LogP) is 6.77. The molecule has 2 unspecified atom stereocenters. The molecule has 0 spiro atoms. The average Bonchev–Trinajstić information content (AvgIpc) is 2.62. The first-order valence-corrected chi connectivity index (χ1v) is 9.79. The third kappa shape index (κ3) is 5.27. The van der Waals surface area contributed by atoms with Crippen LogP contribution in [0.25, 0.3) is 0 Å². The quantitative estimate of drug-likeness (QED) is 0.491. The minimum absolute atomic E-state index is 0.170. The van der Waals surface area contributed by atoms with E-state index in [0.29, 0.717) is 17.8 Å². The Bertz CT molecular complexity index is 687. The fourth-order valence-electron chi connectivity index (χ4n) is 4.18. The smallest absolute Gasteiger partial charge is 0.0475 e. The number of hydrogen-bond acceptors (Lipinski definition) is 2. The fourth-order valence-corrected chi connectivity index (χ4v) is 4.18. The van der Waals surface area contributed by atoms with Gasteiger partial charge < -0.3 is 0 Å². The summed E-state index contributed by atoms with van der Waals surface area (Å²) in [6.45, 7) is 13.8. The zero-order valence-corrected chi connectivity index (χ0v) is 17.2. The highest BCUT2D eigenvalue weighted by Gasteiger charge is 2.35. The predicted molar refractivity (Wildman–Crippen MR) is 111 cm³/mol. The minimum Gasteiger partial charge on any atom is -0.261 e. The zero-order chi connectivity index (χ0) is 19.2. The maximum Gasteiger partial charge on any atom is 0.0475 e. The maximum atomic E-state index is 4.74. The van der Waals surface area contributed by atoms with E-state index in [9.17, 15) is 0 Å². The molecule has 140 valence electrons. The van der Waals surface area contributed by atoms with E-state index in [0.717, 1.165) is 12.1 Å². The molecule has 0 aliphatic heterocycles. The molecule has 0 saturated carbocycles. The van der Waals surface area contributed by atoms with Gasteiger partial charge in [-0.05, 0) is 62.3 Å². The van der Waals surface area contributed by atoms with Crippen molar-refractivity contribution < 1.29 is 0 Å². The van der Waals surface area contributed by atoms with Gasteiger partial charge in [0.2, 0.25) is 0 Å². The van der Waals surface area contributed by atoms with Crippen molar-refractivity contribution in [2.75, 3.05) is 0 Å². The molecule has 0 aliphatic carbocycles. The second-order valence-corrected chi connectivity index (χ2v) is 8.47. The van der Waals surface area contributed by atoms with Gasteiger partial charge in [0.05, 0.1) is 0 Å². The highest BCUT2D eigenvalue weighted by Crippen LogP contribution is 2.46. The van der Waals surface area contributed by atoms with E-state index in [1.807, 2.05) is 24.5 Å². The second-order valence-electron chi connectivity index (χ2n) is 8.47. The lowest BCUT2D eigenvalue weighted by Crippen LogP contribution is -2.27. The van der Waals surface area contributed by atoms with Crippen LogP contribution in [0.1, 0.15) is 77.6 Å². The summed E-state index contributed by atoms with van der Waals surface area (Å²) in [5.41, 5.74) is 3.90. The van der Waals surface area contributed by atoms with Gasteiger partial charge in [-0.3, -0.25) is 9.97 Å². The van der Waals surface area contributed by atoms with Gasteiger partial charge in [0.25, 0.3) is 0 Å². The Morgan fingerprint density at radius 2 is 1.58 bits per heavy atom. The van der Waals surface area contributed by atoms with E-state index in [-0.39, 0.29) is 5.41 Å². The van der Waals surface area contributed by atoms with Crippen LogP contribution in [0.4, 0.5) is 0 Å². The minimum atomic E-state index is 0.170. The van der Waals surface area contributed by atoms with E-state index in [1.54, 1.807) is 0 Å². The number of pyridine rings is 2. The number of allylic oxidation sites excluding steroid dienone is 2.